The van der Waals surface area contributed by atoms with Gasteiger partial charge in [0.15, 0.2) is 0 Å². The quantitative estimate of drug-likeness (QED) is 0.121. The largest absolute Gasteiger partial charge is 0.509 e. The zero-order chi connectivity index (χ0) is 54.9. The predicted octanol–water partition coefficient (Wildman–Crippen LogP) is 20.6. The minimum atomic E-state index is -0.0640. The monoisotopic (exact) mass is 1220 g/mol. The summed E-state index contributed by atoms with van der Waals surface area (Å²) in [6.07, 6.45) is 1.93. The minimum absolute atomic E-state index is 0. The van der Waals surface area contributed by atoms with Crippen LogP contribution in [0.1, 0.15) is 140 Å². The molecule has 0 saturated carbocycles. The number of anilines is 4. The molecule has 0 atom stereocenters. The van der Waals surface area contributed by atoms with Crippen molar-refractivity contribution in [1.82, 2.24) is 9.55 Å². The Kier molecular flexibility index (Phi) is 15.0. The number of hydrogen-bond donors (Lipinski definition) is 0. The fraction of sp³-hybridized carbons (Fsp3) is 0.260. The van der Waals surface area contributed by atoms with Gasteiger partial charge in [-0.2, -0.15) is 6.07 Å². The average molecular weight is 1220 g/mol. The molecule has 8 aromatic carbocycles. The predicted molar refractivity (Wildman–Crippen MR) is 330 cm³/mol. The first-order valence-corrected chi connectivity index (χ1v) is 27.9. The van der Waals surface area contributed by atoms with E-state index in [4.69, 9.17) is 9.72 Å². The summed E-state index contributed by atoms with van der Waals surface area (Å²) < 4.78 is 9.24. The second-order valence-electron chi connectivity index (χ2n) is 24.6. The topological polar surface area (TPSA) is 33.5 Å². The number of nitrogens with zero attached hydrogens (tertiary/aromatic N) is 4. The SMILES string of the molecule is Cc1cc(C(C)(C)C)cc(C)c1-c1ccnc(-n2c3[c-]c(Oc4[c-]c(N5[CH-]N(c6cccc(-c7c(C(C)C)cc(C(C)C)cc7C(C)C)c6)c6cc(C(C)(C)C)ccc65)cc(-c5ccccc5)c4)ccc3c3ccccc32)c1.[Pt]. The van der Waals surface area contributed by atoms with Gasteiger partial charge in [-0.3, -0.25) is 0 Å². The molecule has 0 N–H and O–H groups in total. The maximum absolute atomic E-state index is 7.01. The molecule has 0 saturated heterocycles. The standard InChI is InChI=1S/C73H73N4O.Pt/c1-45(2)53-38-63(46(3)4)71(64(39-53)47(5)6)51-23-20-24-57(35-51)75-44-76(66-30-27-55(41-68(66)75)72(9,10)11)58-36-54(50-21-16-15-17-22-50)37-60(42-58)78-59-28-29-62-61-25-18-19-26-65(61)77(67(62)43-59)69-40-52(31-32-74-69)70-48(7)33-56(34-49(70)8)73(12,13)14;/h15-41,44-47H,1-14H3;/q-3;. The van der Waals surface area contributed by atoms with Gasteiger partial charge in [0.2, 0.25) is 0 Å². The van der Waals surface area contributed by atoms with E-state index in [1.807, 2.05) is 12.3 Å². The number of fused-ring (bicyclic) bond motifs is 4. The van der Waals surface area contributed by atoms with E-state index < -0.39 is 0 Å². The van der Waals surface area contributed by atoms with Crippen molar-refractivity contribution in [2.24, 2.45) is 0 Å². The number of aromatic nitrogens is 2. The van der Waals surface area contributed by atoms with Crippen molar-refractivity contribution in [2.45, 2.75) is 126 Å². The van der Waals surface area contributed by atoms with Crippen molar-refractivity contribution in [2.75, 3.05) is 9.80 Å². The zero-order valence-electron chi connectivity index (χ0n) is 48.4. The number of para-hydroxylation sites is 1. The zero-order valence-corrected chi connectivity index (χ0v) is 50.7. The van der Waals surface area contributed by atoms with Crippen LogP contribution in [0, 0.1) is 32.6 Å². The van der Waals surface area contributed by atoms with E-state index in [0.717, 1.165) is 67.1 Å². The van der Waals surface area contributed by atoms with E-state index in [0.29, 0.717) is 29.3 Å². The Labute approximate surface area is 484 Å². The molecule has 6 heteroatoms. The molecule has 11 rings (SSSR count). The Morgan fingerprint density at radius 3 is 1.84 bits per heavy atom. The molecule has 404 valence electrons. The first-order valence-electron chi connectivity index (χ1n) is 27.9. The fourth-order valence-corrected chi connectivity index (χ4v) is 11.5. The van der Waals surface area contributed by atoms with Crippen molar-refractivity contribution in [1.29, 1.82) is 0 Å². The van der Waals surface area contributed by atoms with Crippen LogP contribution in [0.4, 0.5) is 22.7 Å². The first-order chi connectivity index (χ1) is 37.2. The summed E-state index contributed by atoms with van der Waals surface area (Å²) in [4.78, 5) is 9.67. The molecule has 1 aliphatic heterocycles. The van der Waals surface area contributed by atoms with Crippen LogP contribution in [-0.4, -0.2) is 9.55 Å². The number of ether oxygens (including phenoxy) is 1. The van der Waals surface area contributed by atoms with Crippen molar-refractivity contribution in [3.05, 3.63) is 222 Å². The van der Waals surface area contributed by atoms with E-state index >= 15 is 0 Å². The molecule has 0 spiro atoms. The summed E-state index contributed by atoms with van der Waals surface area (Å²) >= 11 is 0. The van der Waals surface area contributed by atoms with Gasteiger partial charge in [0.25, 0.3) is 0 Å². The van der Waals surface area contributed by atoms with Crippen molar-refractivity contribution >= 4 is 44.6 Å². The van der Waals surface area contributed by atoms with Crippen LogP contribution in [0.25, 0.3) is 61.0 Å². The molecule has 0 amide bonds. The number of benzene rings is 8. The second-order valence-corrected chi connectivity index (χ2v) is 24.6. The fourth-order valence-electron chi connectivity index (χ4n) is 11.5. The van der Waals surface area contributed by atoms with Gasteiger partial charge >= 0.3 is 0 Å². The van der Waals surface area contributed by atoms with Gasteiger partial charge in [-0.05, 0) is 157 Å². The van der Waals surface area contributed by atoms with Crippen LogP contribution in [0.5, 0.6) is 11.5 Å². The molecule has 79 heavy (non-hydrogen) atoms. The van der Waals surface area contributed by atoms with Crippen molar-refractivity contribution in [3.8, 4) is 50.7 Å². The van der Waals surface area contributed by atoms with Crippen molar-refractivity contribution < 1.29 is 25.8 Å². The third kappa shape index (κ3) is 10.6. The summed E-state index contributed by atoms with van der Waals surface area (Å²) in [6.45, 7) is 34.3. The van der Waals surface area contributed by atoms with Gasteiger partial charge in [0.1, 0.15) is 5.82 Å². The molecule has 0 fully saturated rings. The molecule has 10 aromatic rings. The molecular weight excluding hydrogens is 1140 g/mol. The normalized spacial score (nSPS) is 12.8. The molecule has 5 nitrogen and oxygen atoms in total. The van der Waals surface area contributed by atoms with Gasteiger partial charge in [0.05, 0.1) is 0 Å². The second kappa shape index (κ2) is 21.5. The maximum Gasteiger partial charge on any atom is 0.136 e. The van der Waals surface area contributed by atoms with Crippen molar-refractivity contribution in [3.63, 3.8) is 0 Å². The Balaban J connectivity index is 0.00000704. The van der Waals surface area contributed by atoms with Crippen LogP contribution in [0.15, 0.2) is 164 Å². The number of hydrogen-bond acceptors (Lipinski definition) is 4. The molecule has 0 aliphatic carbocycles. The minimum Gasteiger partial charge on any atom is -0.509 e. The number of pyridine rings is 1. The third-order valence-electron chi connectivity index (χ3n) is 15.8. The molecule has 0 bridgehead atoms. The molecular formula is C73H73N4OPt-3. The van der Waals surface area contributed by atoms with E-state index in [1.54, 1.807) is 0 Å². The maximum atomic E-state index is 7.01. The summed E-state index contributed by atoms with van der Waals surface area (Å²) in [6, 6.07) is 65.1. The molecule has 1 aliphatic rings. The Hall–Kier alpha value is -7.20. The smallest absolute Gasteiger partial charge is 0.136 e. The van der Waals surface area contributed by atoms with E-state index in [1.165, 1.54) is 55.6 Å². The summed E-state index contributed by atoms with van der Waals surface area (Å²) in [5.41, 5.74) is 22.4. The first kappa shape index (κ1) is 55.1. The van der Waals surface area contributed by atoms with Gasteiger partial charge in [-0.25, -0.2) is 4.98 Å². The van der Waals surface area contributed by atoms with Gasteiger partial charge in [0, 0.05) is 61.3 Å². The third-order valence-corrected chi connectivity index (χ3v) is 15.8. The Morgan fingerprint density at radius 1 is 0.506 bits per heavy atom. The molecule has 0 unspecified atom stereocenters. The number of aryl methyl sites for hydroxylation is 2. The van der Waals surface area contributed by atoms with Gasteiger partial charge < -0.3 is 19.1 Å². The van der Waals surface area contributed by atoms with E-state index in [9.17, 15) is 0 Å². The van der Waals surface area contributed by atoms with Crippen LogP contribution >= 0.6 is 0 Å². The van der Waals surface area contributed by atoms with Gasteiger partial charge in [-0.1, -0.05) is 180 Å². The average Bonchev–Trinajstić information content (AvgIpc) is 4.22. The van der Waals surface area contributed by atoms with Gasteiger partial charge in [-0.15, -0.1) is 53.6 Å². The number of rotatable bonds is 11. The molecule has 0 radical (unpaired) electrons. The van der Waals surface area contributed by atoms with E-state index in [2.05, 4.69) is 282 Å². The van der Waals surface area contributed by atoms with Crippen LogP contribution < -0.4 is 14.5 Å². The summed E-state index contributed by atoms with van der Waals surface area (Å²) in [5.74, 6) is 3.17. The Morgan fingerprint density at radius 2 is 1.16 bits per heavy atom. The summed E-state index contributed by atoms with van der Waals surface area (Å²) in [5, 5.41) is 2.20. The Bertz CT molecular complexity index is 3850. The van der Waals surface area contributed by atoms with E-state index in [-0.39, 0.29) is 31.9 Å². The molecule has 2 aromatic heterocycles. The van der Waals surface area contributed by atoms with Crippen LogP contribution in [0.3, 0.4) is 0 Å². The van der Waals surface area contributed by atoms with Crippen LogP contribution in [-0.2, 0) is 31.9 Å². The molecule has 3 heterocycles. The van der Waals surface area contributed by atoms with Crippen LogP contribution in [0.2, 0.25) is 0 Å². The summed E-state index contributed by atoms with van der Waals surface area (Å²) in [7, 11) is 0.